The number of rotatable bonds is 5. The second kappa shape index (κ2) is 11.3. The molecule has 4 nitrogen and oxygen atoms in total. The SMILES string of the molecule is CC1(C)c2ccccc2-c2ccc(N(c3ccc(-c4ccccc4)cc3)c3cccc(-c4nc5ccccc5c5nc6ccccn6c45)c3)cc21. The van der Waals surface area contributed by atoms with Crippen LogP contribution in [0, 0.1) is 0 Å². The third-order valence-corrected chi connectivity index (χ3v) is 10.6. The Morgan fingerprint density at radius 3 is 2.08 bits per heavy atom. The molecule has 0 amide bonds. The molecule has 0 radical (unpaired) electrons. The van der Waals surface area contributed by atoms with Crippen molar-refractivity contribution in [3.63, 3.8) is 0 Å². The van der Waals surface area contributed by atoms with E-state index in [0.29, 0.717) is 0 Å². The fourth-order valence-electron chi connectivity index (χ4n) is 8.06. The van der Waals surface area contributed by atoms with Crippen molar-refractivity contribution in [1.29, 1.82) is 0 Å². The van der Waals surface area contributed by atoms with Gasteiger partial charge in [0.25, 0.3) is 0 Å². The van der Waals surface area contributed by atoms with Gasteiger partial charge < -0.3 is 4.90 Å². The Balaban J connectivity index is 1.17. The van der Waals surface area contributed by atoms with Crippen LogP contribution in [-0.4, -0.2) is 14.4 Å². The highest BCUT2D eigenvalue weighted by molar-refractivity contribution is 6.09. The zero-order valence-corrected chi connectivity index (χ0v) is 28.5. The van der Waals surface area contributed by atoms with Gasteiger partial charge in [-0.2, -0.15) is 0 Å². The molecule has 10 rings (SSSR count). The number of fused-ring (bicyclic) bond motifs is 8. The normalized spacial score (nSPS) is 13.1. The first-order chi connectivity index (χ1) is 25.0. The zero-order chi connectivity index (χ0) is 34.1. The van der Waals surface area contributed by atoms with Crippen molar-refractivity contribution in [2.75, 3.05) is 4.90 Å². The molecule has 0 N–H and O–H groups in total. The number of imidazole rings is 1. The van der Waals surface area contributed by atoms with E-state index in [1.807, 2.05) is 12.1 Å². The quantitative estimate of drug-likeness (QED) is 0.185. The van der Waals surface area contributed by atoms with Gasteiger partial charge in [-0.05, 0) is 88.0 Å². The molecular weight excluding hydrogens is 621 g/mol. The molecule has 0 atom stereocenters. The molecule has 0 spiro atoms. The van der Waals surface area contributed by atoms with Crippen LogP contribution in [0.4, 0.5) is 17.1 Å². The Labute approximate surface area is 296 Å². The van der Waals surface area contributed by atoms with E-state index in [2.05, 4.69) is 181 Å². The maximum atomic E-state index is 5.30. The van der Waals surface area contributed by atoms with E-state index in [-0.39, 0.29) is 5.41 Å². The number of benzene rings is 6. The van der Waals surface area contributed by atoms with Crippen molar-refractivity contribution in [3.05, 3.63) is 181 Å². The molecule has 3 aromatic heterocycles. The number of aromatic nitrogens is 3. The molecule has 51 heavy (non-hydrogen) atoms. The molecule has 0 fully saturated rings. The molecule has 1 aliphatic carbocycles. The maximum Gasteiger partial charge on any atom is 0.137 e. The van der Waals surface area contributed by atoms with Crippen LogP contribution in [0.2, 0.25) is 0 Å². The van der Waals surface area contributed by atoms with E-state index in [1.54, 1.807) is 0 Å². The van der Waals surface area contributed by atoms with Crippen LogP contribution in [0.1, 0.15) is 25.0 Å². The Morgan fingerprint density at radius 1 is 0.510 bits per heavy atom. The second-order valence-electron chi connectivity index (χ2n) is 13.9. The van der Waals surface area contributed by atoms with Crippen LogP contribution in [0.5, 0.6) is 0 Å². The van der Waals surface area contributed by atoms with Gasteiger partial charge in [-0.3, -0.25) is 4.40 Å². The van der Waals surface area contributed by atoms with Crippen molar-refractivity contribution in [2.24, 2.45) is 0 Å². The van der Waals surface area contributed by atoms with Gasteiger partial charge in [-0.25, -0.2) is 9.97 Å². The van der Waals surface area contributed by atoms with Crippen LogP contribution in [0.25, 0.3) is 61.1 Å². The molecule has 9 aromatic rings. The van der Waals surface area contributed by atoms with Crippen molar-refractivity contribution >= 4 is 44.6 Å². The van der Waals surface area contributed by atoms with E-state index in [9.17, 15) is 0 Å². The Morgan fingerprint density at radius 2 is 1.20 bits per heavy atom. The zero-order valence-electron chi connectivity index (χ0n) is 28.5. The van der Waals surface area contributed by atoms with Gasteiger partial charge in [0, 0.05) is 39.6 Å². The highest BCUT2D eigenvalue weighted by Gasteiger charge is 2.35. The largest absolute Gasteiger partial charge is 0.310 e. The lowest BCUT2D eigenvalue weighted by atomic mass is 9.82. The molecule has 3 heterocycles. The van der Waals surface area contributed by atoms with Crippen LogP contribution < -0.4 is 4.90 Å². The van der Waals surface area contributed by atoms with Gasteiger partial charge in [-0.1, -0.05) is 123 Å². The molecule has 0 bridgehead atoms. The smallest absolute Gasteiger partial charge is 0.137 e. The van der Waals surface area contributed by atoms with Crippen molar-refractivity contribution in [2.45, 2.75) is 19.3 Å². The van der Waals surface area contributed by atoms with E-state index < -0.39 is 0 Å². The van der Waals surface area contributed by atoms with E-state index >= 15 is 0 Å². The summed E-state index contributed by atoms with van der Waals surface area (Å²) in [6.07, 6.45) is 2.08. The topological polar surface area (TPSA) is 33.4 Å². The summed E-state index contributed by atoms with van der Waals surface area (Å²) in [6.45, 7) is 4.68. The molecular formula is C47H34N4. The van der Waals surface area contributed by atoms with Crippen LogP contribution in [-0.2, 0) is 5.41 Å². The third kappa shape index (κ3) is 4.60. The third-order valence-electron chi connectivity index (χ3n) is 10.6. The summed E-state index contributed by atoms with van der Waals surface area (Å²) in [5, 5.41) is 1.05. The fourth-order valence-corrected chi connectivity index (χ4v) is 8.06. The van der Waals surface area contributed by atoms with Gasteiger partial charge in [-0.15, -0.1) is 0 Å². The molecule has 0 unspecified atom stereocenters. The first-order valence-electron chi connectivity index (χ1n) is 17.5. The van der Waals surface area contributed by atoms with Gasteiger partial charge in [0.1, 0.15) is 11.2 Å². The number of pyridine rings is 2. The van der Waals surface area contributed by atoms with E-state index in [0.717, 1.165) is 55.9 Å². The van der Waals surface area contributed by atoms with Crippen LogP contribution in [0.15, 0.2) is 170 Å². The maximum absolute atomic E-state index is 5.30. The lowest BCUT2D eigenvalue weighted by molar-refractivity contribution is 0.660. The minimum Gasteiger partial charge on any atom is -0.310 e. The van der Waals surface area contributed by atoms with Crippen LogP contribution >= 0.6 is 0 Å². The highest BCUT2D eigenvalue weighted by Crippen LogP contribution is 2.51. The van der Waals surface area contributed by atoms with Gasteiger partial charge >= 0.3 is 0 Å². The molecule has 0 aliphatic heterocycles. The standard InChI is InChI=1S/C47H34N4/c1-47(2)40-19-8-6-17-37(40)38-27-26-36(30-41(38)47)51(34-24-22-32(23-25-34)31-13-4-3-5-14-31)35-16-12-15-33(29-35)44-46-45(39-18-7-9-20-42(39)48-44)49-43-21-10-11-28-50(43)46/h3-30H,1-2H3. The molecule has 6 aromatic carbocycles. The number of hydrogen-bond donors (Lipinski definition) is 0. The molecule has 0 saturated carbocycles. The van der Waals surface area contributed by atoms with E-state index in [1.165, 1.54) is 33.4 Å². The van der Waals surface area contributed by atoms with Crippen molar-refractivity contribution < 1.29 is 0 Å². The van der Waals surface area contributed by atoms with Crippen molar-refractivity contribution in [1.82, 2.24) is 14.4 Å². The fraction of sp³-hybridized carbons (Fsp3) is 0.0638. The minimum atomic E-state index is -0.115. The van der Waals surface area contributed by atoms with Gasteiger partial charge in [0.2, 0.25) is 0 Å². The summed E-state index contributed by atoms with van der Waals surface area (Å²) in [6, 6.07) is 58.5. The summed E-state index contributed by atoms with van der Waals surface area (Å²) in [7, 11) is 0. The number of hydrogen-bond acceptors (Lipinski definition) is 3. The minimum absolute atomic E-state index is 0.115. The van der Waals surface area contributed by atoms with Gasteiger partial charge in [0.15, 0.2) is 0 Å². The molecule has 0 saturated heterocycles. The highest BCUT2D eigenvalue weighted by atomic mass is 15.1. The van der Waals surface area contributed by atoms with E-state index in [4.69, 9.17) is 9.97 Å². The lowest BCUT2D eigenvalue weighted by Gasteiger charge is -2.28. The average molecular weight is 655 g/mol. The van der Waals surface area contributed by atoms with Gasteiger partial charge in [0.05, 0.1) is 16.7 Å². The summed E-state index contributed by atoms with van der Waals surface area (Å²) >= 11 is 0. The Hall–Kier alpha value is -6.52. The monoisotopic (exact) mass is 654 g/mol. The summed E-state index contributed by atoms with van der Waals surface area (Å²) in [5.41, 5.74) is 16.6. The predicted molar refractivity (Wildman–Crippen MR) is 211 cm³/mol. The Bertz CT molecular complexity index is 2780. The summed E-state index contributed by atoms with van der Waals surface area (Å²) in [5.74, 6) is 0. The molecule has 1 aliphatic rings. The lowest BCUT2D eigenvalue weighted by Crippen LogP contribution is -2.16. The summed E-state index contributed by atoms with van der Waals surface area (Å²) in [4.78, 5) is 12.8. The second-order valence-corrected chi connectivity index (χ2v) is 13.9. The first kappa shape index (κ1) is 29.4. The Kier molecular flexibility index (Phi) is 6.49. The molecule has 4 heteroatoms. The number of anilines is 3. The number of para-hydroxylation sites is 1. The van der Waals surface area contributed by atoms with Crippen LogP contribution in [0.3, 0.4) is 0 Å². The summed E-state index contributed by atoms with van der Waals surface area (Å²) < 4.78 is 2.16. The average Bonchev–Trinajstić information content (AvgIpc) is 3.68. The first-order valence-corrected chi connectivity index (χ1v) is 17.5. The van der Waals surface area contributed by atoms with Crippen molar-refractivity contribution in [3.8, 4) is 33.5 Å². The molecule has 242 valence electrons. The predicted octanol–water partition coefficient (Wildman–Crippen LogP) is 12.1. The number of nitrogens with zero attached hydrogens (tertiary/aromatic N) is 4.